The Balaban J connectivity index is 1.72. The van der Waals surface area contributed by atoms with Crippen LogP contribution in [0.5, 0.6) is 11.5 Å². The summed E-state index contributed by atoms with van der Waals surface area (Å²) in [4.78, 5) is 14.3. The summed E-state index contributed by atoms with van der Waals surface area (Å²) in [5.74, 6) is -0.0609. The van der Waals surface area contributed by atoms with Gasteiger partial charge < -0.3 is 15.5 Å². The maximum Gasteiger partial charge on any atom is 0.255 e. The van der Waals surface area contributed by atoms with Crippen molar-refractivity contribution in [3.05, 3.63) is 29.8 Å². The molecule has 5 nitrogen and oxygen atoms in total. The second-order valence-corrected chi connectivity index (χ2v) is 6.42. The predicted octanol–water partition coefficient (Wildman–Crippen LogP) is 2.53. The van der Waals surface area contributed by atoms with Crippen molar-refractivity contribution in [2.24, 2.45) is 0 Å². The van der Waals surface area contributed by atoms with Crippen LogP contribution in [0.1, 0.15) is 37.7 Å². The Labute approximate surface area is 140 Å². The molecule has 1 aromatic rings. The Morgan fingerprint density at radius 1 is 1.22 bits per heavy atom. The summed E-state index contributed by atoms with van der Waals surface area (Å²) in [7, 11) is 0. The Morgan fingerprint density at radius 3 is 2.65 bits per heavy atom. The van der Waals surface area contributed by atoms with Crippen LogP contribution in [0.15, 0.2) is 24.3 Å². The lowest BCUT2D eigenvalue weighted by molar-refractivity contribution is -0.128. The lowest BCUT2D eigenvalue weighted by Crippen LogP contribution is -2.41. The van der Waals surface area contributed by atoms with Crippen molar-refractivity contribution in [3.8, 4) is 11.5 Å². The van der Waals surface area contributed by atoms with Crippen molar-refractivity contribution >= 4 is 29.3 Å². The third-order valence-electron chi connectivity index (χ3n) is 4.42. The zero-order chi connectivity index (χ0) is 16.4. The van der Waals surface area contributed by atoms with Gasteiger partial charge in [0, 0.05) is 17.7 Å². The molecule has 0 spiro atoms. The molecule has 0 aromatic heterocycles. The van der Waals surface area contributed by atoms with Gasteiger partial charge in [0.05, 0.1) is 0 Å². The number of hydrogen-bond donors (Lipinski definition) is 3. The quantitative estimate of drug-likeness (QED) is 0.742. The number of carbonyl (C=O) groups excluding carboxylic acids is 1. The molecule has 0 bridgehead atoms. The number of carbonyl (C=O) groups is 1. The molecule has 1 aliphatic carbocycles. The van der Waals surface area contributed by atoms with Crippen LogP contribution in [0.3, 0.4) is 0 Å². The molecule has 1 atom stereocenters. The van der Waals surface area contributed by atoms with Gasteiger partial charge in [-0.25, -0.2) is 0 Å². The number of nitrogens with one attached hydrogen (secondary N) is 1. The number of amides is 1. The monoisotopic (exact) mass is 332 g/mol. The first-order valence-corrected chi connectivity index (χ1v) is 8.31. The van der Waals surface area contributed by atoms with Gasteiger partial charge in [0.25, 0.3) is 5.91 Å². The first kappa shape index (κ1) is 15.8. The van der Waals surface area contributed by atoms with Gasteiger partial charge in [0.2, 0.25) is 0 Å². The molecule has 1 aliphatic heterocycles. The highest BCUT2D eigenvalue weighted by atomic mass is 32.1. The van der Waals surface area contributed by atoms with Crippen LogP contribution in [-0.4, -0.2) is 38.2 Å². The van der Waals surface area contributed by atoms with Crippen molar-refractivity contribution < 1.29 is 15.0 Å². The molecular formula is C17H20N2O3S. The molecule has 1 heterocycles. The fraction of sp³-hybridized carbons (Fsp3) is 0.412. The van der Waals surface area contributed by atoms with Crippen LogP contribution in [0.2, 0.25) is 0 Å². The second kappa shape index (κ2) is 6.58. The number of hydrogen-bond acceptors (Lipinski definition) is 4. The van der Waals surface area contributed by atoms with E-state index in [2.05, 4.69) is 5.32 Å². The van der Waals surface area contributed by atoms with Crippen LogP contribution in [0, 0.1) is 0 Å². The Bertz CT molecular complexity index is 653. The summed E-state index contributed by atoms with van der Waals surface area (Å²) in [5.41, 5.74) is 0.541. The summed E-state index contributed by atoms with van der Waals surface area (Å²) < 4.78 is 0. The number of thiocarbonyl (C=S) groups is 1. The van der Waals surface area contributed by atoms with E-state index in [1.807, 2.05) is 0 Å². The van der Waals surface area contributed by atoms with Gasteiger partial charge in [-0.05, 0) is 37.2 Å². The lowest BCUT2D eigenvalue weighted by Gasteiger charge is -2.29. The molecular weight excluding hydrogens is 312 g/mol. The Kier molecular flexibility index (Phi) is 4.52. The lowest BCUT2D eigenvalue weighted by atomic mass is 9.94. The zero-order valence-corrected chi connectivity index (χ0v) is 13.6. The SMILES string of the molecule is O=C1C(C=Cc2ccc(O)cc2O)NC(=S)N1C1CCCCC1. The van der Waals surface area contributed by atoms with Gasteiger partial charge in [-0.1, -0.05) is 31.4 Å². The molecule has 3 N–H and O–H groups in total. The van der Waals surface area contributed by atoms with Gasteiger partial charge in [0.15, 0.2) is 5.11 Å². The van der Waals surface area contributed by atoms with E-state index in [0.29, 0.717) is 10.7 Å². The molecule has 2 aliphatic rings. The maximum absolute atomic E-state index is 12.6. The smallest absolute Gasteiger partial charge is 0.255 e. The number of phenols is 2. The van der Waals surface area contributed by atoms with E-state index in [9.17, 15) is 15.0 Å². The van der Waals surface area contributed by atoms with E-state index in [1.165, 1.54) is 18.6 Å². The van der Waals surface area contributed by atoms with E-state index >= 15 is 0 Å². The van der Waals surface area contributed by atoms with Crippen molar-refractivity contribution in [1.29, 1.82) is 0 Å². The zero-order valence-electron chi connectivity index (χ0n) is 12.7. The molecule has 1 unspecified atom stereocenters. The standard InChI is InChI=1S/C17H20N2O3S/c20-13-8-6-11(15(21)10-13)7-9-14-16(22)19(17(23)18-14)12-4-2-1-3-5-12/h6-10,12,14,20-21H,1-5H2,(H,18,23). The van der Waals surface area contributed by atoms with Crippen molar-refractivity contribution in [1.82, 2.24) is 10.2 Å². The Hall–Kier alpha value is -2.08. The number of phenolic OH excluding ortho intramolecular Hbond substituents is 2. The minimum Gasteiger partial charge on any atom is -0.508 e. The van der Waals surface area contributed by atoms with Crippen LogP contribution in [0.25, 0.3) is 6.08 Å². The molecule has 23 heavy (non-hydrogen) atoms. The fourth-order valence-electron chi connectivity index (χ4n) is 3.20. The minimum absolute atomic E-state index is 0.000584. The van der Waals surface area contributed by atoms with Gasteiger partial charge >= 0.3 is 0 Å². The van der Waals surface area contributed by atoms with E-state index < -0.39 is 6.04 Å². The van der Waals surface area contributed by atoms with Crippen LogP contribution in [0.4, 0.5) is 0 Å². The van der Waals surface area contributed by atoms with Gasteiger partial charge in [0.1, 0.15) is 17.5 Å². The third kappa shape index (κ3) is 3.32. The Morgan fingerprint density at radius 2 is 1.96 bits per heavy atom. The van der Waals surface area contributed by atoms with E-state index in [1.54, 1.807) is 23.1 Å². The largest absolute Gasteiger partial charge is 0.508 e. The number of nitrogens with zero attached hydrogens (tertiary/aromatic N) is 1. The molecule has 122 valence electrons. The highest BCUT2D eigenvalue weighted by molar-refractivity contribution is 7.80. The van der Waals surface area contributed by atoms with Gasteiger partial charge in [-0.2, -0.15) is 0 Å². The highest BCUT2D eigenvalue weighted by Crippen LogP contribution is 2.27. The summed E-state index contributed by atoms with van der Waals surface area (Å²) in [6.07, 6.45) is 8.87. The summed E-state index contributed by atoms with van der Waals surface area (Å²) >= 11 is 5.33. The van der Waals surface area contributed by atoms with Gasteiger partial charge in [-0.15, -0.1) is 0 Å². The van der Waals surface area contributed by atoms with Crippen LogP contribution in [-0.2, 0) is 4.79 Å². The van der Waals surface area contributed by atoms with Crippen molar-refractivity contribution in [2.75, 3.05) is 0 Å². The molecule has 1 saturated heterocycles. The molecule has 2 fully saturated rings. The highest BCUT2D eigenvalue weighted by Gasteiger charge is 2.38. The van der Waals surface area contributed by atoms with E-state index in [-0.39, 0.29) is 23.4 Å². The molecule has 1 saturated carbocycles. The first-order valence-electron chi connectivity index (χ1n) is 7.90. The maximum atomic E-state index is 12.6. The van der Waals surface area contributed by atoms with Crippen molar-refractivity contribution in [2.45, 2.75) is 44.2 Å². The normalized spacial score (nSPS) is 22.8. The minimum atomic E-state index is -0.502. The number of benzene rings is 1. The van der Waals surface area contributed by atoms with Crippen molar-refractivity contribution in [3.63, 3.8) is 0 Å². The number of aromatic hydroxyl groups is 2. The summed E-state index contributed by atoms with van der Waals surface area (Å²) in [6.45, 7) is 0. The predicted molar refractivity (Wildman–Crippen MR) is 92.0 cm³/mol. The first-order chi connectivity index (χ1) is 11.1. The van der Waals surface area contributed by atoms with E-state index in [0.717, 1.165) is 25.7 Å². The van der Waals surface area contributed by atoms with E-state index in [4.69, 9.17) is 12.2 Å². The third-order valence-corrected chi connectivity index (χ3v) is 4.74. The topological polar surface area (TPSA) is 72.8 Å². The van der Waals surface area contributed by atoms with Gasteiger partial charge in [-0.3, -0.25) is 9.69 Å². The molecule has 3 rings (SSSR count). The molecule has 1 amide bonds. The molecule has 6 heteroatoms. The summed E-state index contributed by atoms with van der Waals surface area (Å²) in [6, 6.07) is 4.05. The van der Waals surface area contributed by atoms with Crippen LogP contribution >= 0.6 is 12.2 Å². The van der Waals surface area contributed by atoms with Crippen LogP contribution < -0.4 is 5.32 Å². The average molecular weight is 332 g/mol. The molecule has 1 aromatic carbocycles. The number of rotatable bonds is 3. The average Bonchev–Trinajstić information content (AvgIpc) is 2.81. The summed E-state index contributed by atoms with van der Waals surface area (Å²) in [5, 5.41) is 22.6. The fourth-order valence-corrected chi connectivity index (χ4v) is 3.57. The second-order valence-electron chi connectivity index (χ2n) is 6.03. The molecule has 0 radical (unpaired) electrons.